The Balaban J connectivity index is 1.59. The molecule has 0 saturated heterocycles. The van der Waals surface area contributed by atoms with Gasteiger partial charge in [-0.05, 0) is 62.4 Å². The Bertz CT molecular complexity index is 1310. The SMILES string of the molecule is C[C@H](NC(=O)[C@H](CCC(=O)NC(C)(C)C)NC(=O)CCc1ccccc1)C(=O)NCc1cccc2ccccc12. The average molecular weight is 545 g/mol. The van der Waals surface area contributed by atoms with Crippen molar-refractivity contribution in [1.82, 2.24) is 21.3 Å². The normalized spacial score (nSPS) is 12.7. The second kappa shape index (κ2) is 14.3. The fourth-order valence-electron chi connectivity index (χ4n) is 4.36. The molecule has 2 atom stereocenters. The number of amides is 4. The summed E-state index contributed by atoms with van der Waals surface area (Å²) >= 11 is 0. The average Bonchev–Trinajstić information content (AvgIpc) is 2.92. The van der Waals surface area contributed by atoms with E-state index in [1.165, 1.54) is 0 Å². The summed E-state index contributed by atoms with van der Waals surface area (Å²) in [5, 5.41) is 13.4. The van der Waals surface area contributed by atoms with E-state index in [1.807, 2.05) is 93.6 Å². The molecule has 8 heteroatoms. The Morgan fingerprint density at radius 3 is 2.15 bits per heavy atom. The molecule has 0 radical (unpaired) electrons. The lowest BCUT2D eigenvalue weighted by atomic mass is 10.0. The van der Waals surface area contributed by atoms with Gasteiger partial charge in [0.25, 0.3) is 0 Å². The van der Waals surface area contributed by atoms with Crippen molar-refractivity contribution in [3.05, 3.63) is 83.9 Å². The first-order valence-electron chi connectivity index (χ1n) is 13.7. The molecule has 3 aromatic carbocycles. The van der Waals surface area contributed by atoms with Crippen molar-refractivity contribution in [3.63, 3.8) is 0 Å². The second-order valence-corrected chi connectivity index (χ2v) is 11.0. The highest BCUT2D eigenvalue weighted by Crippen LogP contribution is 2.18. The van der Waals surface area contributed by atoms with Crippen molar-refractivity contribution < 1.29 is 19.2 Å². The zero-order chi connectivity index (χ0) is 29.1. The summed E-state index contributed by atoms with van der Waals surface area (Å²) in [6, 6.07) is 21.6. The predicted molar refractivity (Wildman–Crippen MR) is 157 cm³/mol. The van der Waals surface area contributed by atoms with Crippen LogP contribution >= 0.6 is 0 Å². The number of hydrogen-bond acceptors (Lipinski definition) is 4. The summed E-state index contributed by atoms with van der Waals surface area (Å²) < 4.78 is 0. The molecule has 0 fully saturated rings. The van der Waals surface area contributed by atoms with Gasteiger partial charge < -0.3 is 21.3 Å². The maximum atomic E-state index is 13.2. The molecule has 3 aromatic rings. The van der Waals surface area contributed by atoms with E-state index in [1.54, 1.807) is 6.92 Å². The third-order valence-corrected chi connectivity index (χ3v) is 6.39. The summed E-state index contributed by atoms with van der Waals surface area (Å²) in [6.45, 7) is 7.53. The van der Waals surface area contributed by atoms with Gasteiger partial charge in [-0.3, -0.25) is 19.2 Å². The van der Waals surface area contributed by atoms with E-state index in [4.69, 9.17) is 0 Å². The molecular formula is C32H40N4O4. The Kier molecular flexibility index (Phi) is 10.8. The maximum Gasteiger partial charge on any atom is 0.243 e. The van der Waals surface area contributed by atoms with E-state index in [0.29, 0.717) is 13.0 Å². The van der Waals surface area contributed by atoms with E-state index < -0.39 is 23.5 Å². The summed E-state index contributed by atoms with van der Waals surface area (Å²) in [6.07, 6.45) is 0.882. The van der Waals surface area contributed by atoms with Gasteiger partial charge in [0, 0.05) is 24.9 Å². The fourth-order valence-corrected chi connectivity index (χ4v) is 4.36. The third kappa shape index (κ3) is 9.84. The minimum atomic E-state index is -0.956. The number of hydrogen-bond donors (Lipinski definition) is 4. The minimum Gasteiger partial charge on any atom is -0.352 e. The van der Waals surface area contributed by atoms with Gasteiger partial charge in [0.1, 0.15) is 12.1 Å². The summed E-state index contributed by atoms with van der Waals surface area (Å²) in [4.78, 5) is 51.1. The summed E-state index contributed by atoms with van der Waals surface area (Å²) in [5.41, 5.74) is 1.57. The van der Waals surface area contributed by atoms with E-state index in [-0.39, 0.29) is 37.0 Å². The van der Waals surface area contributed by atoms with Crippen LogP contribution in [0.3, 0.4) is 0 Å². The van der Waals surface area contributed by atoms with Crippen LogP contribution in [0.15, 0.2) is 72.8 Å². The first kappa shape index (κ1) is 30.3. The molecule has 4 N–H and O–H groups in total. The van der Waals surface area contributed by atoms with Gasteiger partial charge >= 0.3 is 0 Å². The first-order chi connectivity index (χ1) is 19.0. The van der Waals surface area contributed by atoms with Gasteiger partial charge in [0.2, 0.25) is 23.6 Å². The van der Waals surface area contributed by atoms with Crippen LogP contribution in [0.25, 0.3) is 10.8 Å². The molecule has 0 spiro atoms. The van der Waals surface area contributed by atoms with E-state index in [2.05, 4.69) is 21.3 Å². The van der Waals surface area contributed by atoms with Gasteiger partial charge in [-0.15, -0.1) is 0 Å². The van der Waals surface area contributed by atoms with Gasteiger partial charge in [0.05, 0.1) is 0 Å². The molecule has 212 valence electrons. The molecule has 0 aromatic heterocycles. The smallest absolute Gasteiger partial charge is 0.243 e. The number of fused-ring (bicyclic) bond motifs is 1. The molecule has 8 nitrogen and oxygen atoms in total. The molecule has 0 aliphatic rings. The number of nitrogens with one attached hydrogen (secondary N) is 4. The molecule has 0 heterocycles. The predicted octanol–water partition coefficient (Wildman–Crippen LogP) is 3.77. The highest BCUT2D eigenvalue weighted by Gasteiger charge is 2.26. The zero-order valence-electron chi connectivity index (χ0n) is 23.8. The molecule has 3 rings (SSSR count). The largest absolute Gasteiger partial charge is 0.352 e. The number of aryl methyl sites for hydroxylation is 1. The first-order valence-corrected chi connectivity index (χ1v) is 13.7. The minimum absolute atomic E-state index is 0.0516. The molecule has 0 unspecified atom stereocenters. The highest BCUT2D eigenvalue weighted by molar-refractivity contribution is 5.92. The molecular weight excluding hydrogens is 504 g/mol. The Labute approximate surface area is 236 Å². The lowest BCUT2D eigenvalue weighted by Crippen LogP contribution is -2.53. The Morgan fingerprint density at radius 2 is 1.43 bits per heavy atom. The van der Waals surface area contributed by atoms with Crippen LogP contribution in [-0.4, -0.2) is 41.3 Å². The molecule has 0 bridgehead atoms. The van der Waals surface area contributed by atoms with Gasteiger partial charge in [-0.25, -0.2) is 0 Å². The van der Waals surface area contributed by atoms with Crippen molar-refractivity contribution in [2.75, 3.05) is 0 Å². The van der Waals surface area contributed by atoms with Crippen molar-refractivity contribution >= 4 is 34.4 Å². The van der Waals surface area contributed by atoms with Crippen LogP contribution in [-0.2, 0) is 32.1 Å². The molecule has 0 saturated carbocycles. The molecule has 4 amide bonds. The Hall–Kier alpha value is -4.20. The Morgan fingerprint density at radius 1 is 0.750 bits per heavy atom. The van der Waals surface area contributed by atoms with Crippen LogP contribution in [0, 0.1) is 0 Å². The number of benzene rings is 3. The zero-order valence-corrected chi connectivity index (χ0v) is 23.8. The van der Waals surface area contributed by atoms with Crippen LogP contribution in [0.2, 0.25) is 0 Å². The van der Waals surface area contributed by atoms with Crippen LogP contribution in [0.4, 0.5) is 0 Å². The van der Waals surface area contributed by atoms with E-state index in [9.17, 15) is 19.2 Å². The highest BCUT2D eigenvalue weighted by atomic mass is 16.2. The lowest BCUT2D eigenvalue weighted by molar-refractivity contribution is -0.132. The number of carbonyl (C=O) groups is 4. The van der Waals surface area contributed by atoms with Crippen LogP contribution in [0.5, 0.6) is 0 Å². The third-order valence-electron chi connectivity index (χ3n) is 6.39. The number of carbonyl (C=O) groups excluding carboxylic acids is 4. The standard InChI is InChI=1S/C32H40N4O4/c1-22(30(39)33-21-25-15-10-14-24-13-8-9-16-26(24)25)34-31(40)27(18-20-29(38)36-32(2,3)4)35-28(37)19-17-23-11-6-5-7-12-23/h5-16,22,27H,17-21H2,1-4H3,(H,33,39)(H,34,40)(H,35,37)(H,36,38)/t22-,27-/m0/s1. The van der Waals surface area contributed by atoms with Gasteiger partial charge in [-0.2, -0.15) is 0 Å². The van der Waals surface area contributed by atoms with Gasteiger partial charge in [0.15, 0.2) is 0 Å². The monoisotopic (exact) mass is 544 g/mol. The van der Waals surface area contributed by atoms with E-state index in [0.717, 1.165) is 21.9 Å². The quantitative estimate of drug-likeness (QED) is 0.278. The maximum absolute atomic E-state index is 13.2. The van der Waals surface area contributed by atoms with Crippen molar-refractivity contribution in [3.8, 4) is 0 Å². The summed E-state index contributed by atoms with van der Waals surface area (Å²) in [5.74, 6) is -1.37. The molecule has 0 aliphatic carbocycles. The number of rotatable bonds is 12. The van der Waals surface area contributed by atoms with E-state index >= 15 is 0 Å². The van der Waals surface area contributed by atoms with Crippen molar-refractivity contribution in [1.29, 1.82) is 0 Å². The fraction of sp³-hybridized carbons (Fsp3) is 0.375. The summed E-state index contributed by atoms with van der Waals surface area (Å²) in [7, 11) is 0. The van der Waals surface area contributed by atoms with Crippen molar-refractivity contribution in [2.24, 2.45) is 0 Å². The molecule has 40 heavy (non-hydrogen) atoms. The molecule has 0 aliphatic heterocycles. The van der Waals surface area contributed by atoms with Crippen LogP contribution < -0.4 is 21.3 Å². The van der Waals surface area contributed by atoms with Crippen molar-refractivity contribution in [2.45, 2.75) is 77.5 Å². The second-order valence-electron chi connectivity index (χ2n) is 11.0. The van der Waals surface area contributed by atoms with Crippen LogP contribution in [0.1, 0.15) is 58.1 Å². The topological polar surface area (TPSA) is 116 Å². The van der Waals surface area contributed by atoms with Gasteiger partial charge in [-0.1, -0.05) is 72.8 Å². The lowest BCUT2D eigenvalue weighted by Gasteiger charge is -2.23.